The van der Waals surface area contributed by atoms with Gasteiger partial charge < -0.3 is 4.74 Å². The van der Waals surface area contributed by atoms with Crippen LogP contribution in [0.1, 0.15) is 71.6 Å². The van der Waals surface area contributed by atoms with Crippen molar-refractivity contribution >= 4 is 11.8 Å². The van der Waals surface area contributed by atoms with Crippen LogP contribution in [0, 0.1) is 46.8 Å². The second-order valence-corrected chi connectivity index (χ2v) is 10.8. The van der Waals surface area contributed by atoms with E-state index in [0.29, 0.717) is 30.0 Å². The quantitative estimate of drug-likeness (QED) is 0.630. The summed E-state index contributed by atoms with van der Waals surface area (Å²) in [5.74, 6) is 5.47. The Morgan fingerprint density at radius 1 is 1.15 bits per heavy atom. The number of carbonyl (C=O) groups excluding carboxylic acids is 2. The van der Waals surface area contributed by atoms with Gasteiger partial charge in [-0.05, 0) is 80.1 Å². The molecule has 0 N–H and O–H groups in total. The van der Waals surface area contributed by atoms with Crippen molar-refractivity contribution in [2.75, 3.05) is 0 Å². The van der Waals surface area contributed by atoms with Crippen LogP contribution in [-0.2, 0) is 14.3 Å². The number of allylic oxidation sites excluding steroid dienone is 1. The number of esters is 1. The van der Waals surface area contributed by atoms with E-state index in [1.807, 2.05) is 6.08 Å². The maximum atomic E-state index is 12.1. The summed E-state index contributed by atoms with van der Waals surface area (Å²) in [5.41, 5.74) is 1.53. The third kappa shape index (κ3) is 1.94. The summed E-state index contributed by atoms with van der Waals surface area (Å²) in [6.07, 6.45) is 11.6. The highest BCUT2D eigenvalue weighted by molar-refractivity contribution is 5.91. The molecule has 6 aliphatic rings. The van der Waals surface area contributed by atoms with E-state index in [2.05, 4.69) is 13.8 Å². The first-order chi connectivity index (χ1) is 13.0. The number of ketones is 1. The predicted molar refractivity (Wildman–Crippen MR) is 102 cm³/mol. The van der Waals surface area contributed by atoms with Crippen LogP contribution in [0.3, 0.4) is 0 Å². The smallest absolute Gasteiger partial charge is 0.306 e. The molecule has 9 atom stereocenters. The fraction of sp³-hybridized carbons (Fsp3) is 0.833. The molecule has 27 heavy (non-hydrogen) atoms. The third-order valence-electron chi connectivity index (χ3n) is 10.1. The molecule has 0 radical (unpaired) electrons. The minimum atomic E-state index is -0.138. The molecule has 0 amide bonds. The monoisotopic (exact) mass is 368 g/mol. The highest BCUT2D eigenvalue weighted by Gasteiger charge is 2.79. The van der Waals surface area contributed by atoms with Gasteiger partial charge in [0.15, 0.2) is 5.78 Å². The van der Waals surface area contributed by atoms with E-state index in [9.17, 15) is 9.59 Å². The lowest BCUT2D eigenvalue weighted by Crippen LogP contribution is -2.56. The van der Waals surface area contributed by atoms with Crippen LogP contribution in [0.2, 0.25) is 0 Å². The maximum Gasteiger partial charge on any atom is 0.306 e. The van der Waals surface area contributed by atoms with Gasteiger partial charge in [0.1, 0.15) is 5.60 Å². The summed E-state index contributed by atoms with van der Waals surface area (Å²) >= 11 is 0. The molecule has 6 rings (SSSR count). The van der Waals surface area contributed by atoms with Crippen LogP contribution in [0.4, 0.5) is 0 Å². The molecule has 0 aromatic rings. The van der Waals surface area contributed by atoms with E-state index in [4.69, 9.17) is 4.74 Å². The van der Waals surface area contributed by atoms with E-state index in [1.165, 1.54) is 31.3 Å². The standard InChI is InChI=1S/C24H32O3/c1-3-13-10-14-11-15(25)4-5-16(14)17-6-8-23(2)22(21(13)17)18-12-19(18)24(23)9-7-20(26)27-24/h11,13,16-19,21-22H,3-10,12H2,1-2H3/t13-,16?,17?,18?,19?,21?,22?,23+,24+/m1/s1. The van der Waals surface area contributed by atoms with Gasteiger partial charge in [0.05, 0.1) is 0 Å². The summed E-state index contributed by atoms with van der Waals surface area (Å²) in [6, 6.07) is 0. The average molecular weight is 369 g/mol. The lowest BCUT2D eigenvalue weighted by molar-refractivity contribution is -0.177. The first-order valence-electron chi connectivity index (χ1n) is 11.4. The molecule has 0 bridgehead atoms. The van der Waals surface area contributed by atoms with Crippen LogP contribution in [-0.4, -0.2) is 17.4 Å². The molecule has 4 saturated carbocycles. The Morgan fingerprint density at radius 2 is 2.00 bits per heavy atom. The molecule has 1 spiro atoms. The molecule has 1 heterocycles. The van der Waals surface area contributed by atoms with E-state index in [-0.39, 0.29) is 17.0 Å². The zero-order chi connectivity index (χ0) is 18.6. The van der Waals surface area contributed by atoms with E-state index in [1.54, 1.807) is 0 Å². The highest BCUT2D eigenvalue weighted by atomic mass is 16.6. The molecular weight excluding hydrogens is 336 g/mol. The lowest BCUT2D eigenvalue weighted by Gasteiger charge is -2.59. The summed E-state index contributed by atoms with van der Waals surface area (Å²) in [7, 11) is 0. The number of ether oxygens (including phenoxy) is 1. The normalized spacial score (nSPS) is 55.3. The maximum absolute atomic E-state index is 12.1. The molecule has 0 aromatic heterocycles. The number of hydrogen-bond acceptors (Lipinski definition) is 3. The van der Waals surface area contributed by atoms with E-state index in [0.717, 1.165) is 49.4 Å². The van der Waals surface area contributed by atoms with Gasteiger partial charge in [-0.2, -0.15) is 0 Å². The Hall–Kier alpha value is -1.12. The minimum absolute atomic E-state index is 0.0522. The SMILES string of the molecule is CC[C@@H]1CC2=CC(=O)CCC2C2CC[C@@]3(C)C(C4CC4[C@@]34CCC(=O)O4)C21. The Labute approximate surface area is 162 Å². The van der Waals surface area contributed by atoms with Gasteiger partial charge in [-0.3, -0.25) is 9.59 Å². The Kier molecular flexibility index (Phi) is 3.28. The van der Waals surface area contributed by atoms with Crippen LogP contribution in [0.5, 0.6) is 0 Å². The predicted octanol–water partition coefficient (Wildman–Crippen LogP) is 4.70. The Morgan fingerprint density at radius 3 is 2.74 bits per heavy atom. The summed E-state index contributed by atoms with van der Waals surface area (Å²) in [6.45, 7) is 4.84. The first kappa shape index (κ1) is 16.8. The van der Waals surface area contributed by atoms with Gasteiger partial charge in [-0.15, -0.1) is 0 Å². The number of rotatable bonds is 1. The van der Waals surface area contributed by atoms with Gasteiger partial charge in [-0.1, -0.05) is 25.8 Å². The summed E-state index contributed by atoms with van der Waals surface area (Å²) < 4.78 is 6.21. The molecule has 1 saturated heterocycles. The number of fused-ring (bicyclic) bond motifs is 9. The molecule has 6 unspecified atom stereocenters. The molecule has 1 aliphatic heterocycles. The van der Waals surface area contributed by atoms with Crippen LogP contribution in [0.25, 0.3) is 0 Å². The van der Waals surface area contributed by atoms with E-state index >= 15 is 0 Å². The van der Waals surface area contributed by atoms with Crippen molar-refractivity contribution in [2.45, 2.75) is 77.2 Å². The van der Waals surface area contributed by atoms with Crippen molar-refractivity contribution in [1.82, 2.24) is 0 Å². The second kappa shape index (κ2) is 5.27. The summed E-state index contributed by atoms with van der Waals surface area (Å²) in [4.78, 5) is 24.2. The fourth-order valence-corrected chi connectivity index (χ4v) is 9.13. The van der Waals surface area contributed by atoms with Crippen molar-refractivity contribution in [3.05, 3.63) is 11.6 Å². The molecule has 3 heteroatoms. The molecular formula is C24H32O3. The molecule has 5 fully saturated rings. The van der Waals surface area contributed by atoms with Gasteiger partial charge in [0.2, 0.25) is 0 Å². The molecule has 146 valence electrons. The highest BCUT2D eigenvalue weighted by Crippen LogP contribution is 2.79. The zero-order valence-electron chi connectivity index (χ0n) is 16.7. The average Bonchev–Trinajstić information content (AvgIpc) is 3.29. The summed E-state index contributed by atoms with van der Waals surface area (Å²) in [5, 5.41) is 0. The van der Waals surface area contributed by atoms with Crippen molar-refractivity contribution in [3.8, 4) is 0 Å². The number of hydrogen-bond donors (Lipinski definition) is 0. The van der Waals surface area contributed by atoms with Crippen LogP contribution >= 0.6 is 0 Å². The van der Waals surface area contributed by atoms with E-state index < -0.39 is 0 Å². The van der Waals surface area contributed by atoms with Crippen LogP contribution < -0.4 is 0 Å². The molecule has 5 aliphatic carbocycles. The first-order valence-corrected chi connectivity index (χ1v) is 11.4. The second-order valence-electron chi connectivity index (χ2n) is 10.8. The van der Waals surface area contributed by atoms with Gasteiger partial charge in [-0.25, -0.2) is 0 Å². The largest absolute Gasteiger partial charge is 0.458 e. The van der Waals surface area contributed by atoms with Gasteiger partial charge >= 0.3 is 5.97 Å². The van der Waals surface area contributed by atoms with Crippen molar-refractivity contribution in [3.63, 3.8) is 0 Å². The van der Waals surface area contributed by atoms with Crippen LogP contribution in [0.15, 0.2) is 11.6 Å². The third-order valence-corrected chi connectivity index (χ3v) is 10.1. The Bertz CT molecular complexity index is 753. The van der Waals surface area contributed by atoms with Gasteiger partial charge in [0.25, 0.3) is 0 Å². The zero-order valence-corrected chi connectivity index (χ0v) is 16.7. The number of carbonyl (C=O) groups is 2. The van der Waals surface area contributed by atoms with Crippen molar-refractivity contribution < 1.29 is 14.3 Å². The van der Waals surface area contributed by atoms with Gasteiger partial charge in [0, 0.05) is 24.2 Å². The molecule has 3 nitrogen and oxygen atoms in total. The van der Waals surface area contributed by atoms with Crippen molar-refractivity contribution in [1.29, 1.82) is 0 Å². The topological polar surface area (TPSA) is 43.4 Å². The fourth-order valence-electron chi connectivity index (χ4n) is 9.13. The lowest BCUT2D eigenvalue weighted by atomic mass is 9.46. The Balaban J connectivity index is 1.41. The van der Waals surface area contributed by atoms with Crippen molar-refractivity contribution in [2.24, 2.45) is 46.8 Å². The molecule has 0 aromatic carbocycles. The minimum Gasteiger partial charge on any atom is -0.458 e.